The lowest BCUT2D eigenvalue weighted by molar-refractivity contribution is -0.385. The number of hydrogen-bond donors (Lipinski definition) is 1. The minimum Gasteiger partial charge on any atom is -0.311 e. The van der Waals surface area contributed by atoms with Gasteiger partial charge in [-0.1, -0.05) is 15.9 Å². The van der Waals surface area contributed by atoms with Gasteiger partial charge in [-0.25, -0.2) is 0 Å². The number of benzene rings is 1. The zero-order valence-corrected chi connectivity index (χ0v) is 13.6. The molecule has 1 aromatic rings. The van der Waals surface area contributed by atoms with Crippen molar-refractivity contribution in [2.75, 3.05) is 37.7 Å². The van der Waals surface area contributed by atoms with Crippen LogP contribution in [0.1, 0.15) is 5.56 Å². The predicted octanol–water partition coefficient (Wildman–Crippen LogP) is 2.50. The van der Waals surface area contributed by atoms with Gasteiger partial charge >= 0.3 is 0 Å². The maximum atomic E-state index is 11.0. The van der Waals surface area contributed by atoms with E-state index in [0.29, 0.717) is 6.54 Å². The molecular weight excluding hydrogens is 342 g/mol. The van der Waals surface area contributed by atoms with Crippen molar-refractivity contribution in [1.82, 2.24) is 10.2 Å². The molecule has 2 rings (SSSR count). The van der Waals surface area contributed by atoms with Crippen molar-refractivity contribution >= 4 is 33.4 Å². The summed E-state index contributed by atoms with van der Waals surface area (Å²) >= 11 is 5.26. The summed E-state index contributed by atoms with van der Waals surface area (Å²) in [4.78, 5) is 13.1. The van der Waals surface area contributed by atoms with E-state index in [0.717, 1.165) is 36.2 Å². The normalized spacial score (nSPS) is 16.2. The first-order valence-electron chi connectivity index (χ1n) is 6.60. The summed E-state index contributed by atoms with van der Waals surface area (Å²) < 4.78 is 0.735. The van der Waals surface area contributed by atoms with E-state index in [1.165, 1.54) is 11.5 Å². The molecular formula is C13H18BrN3O2S. The second-order valence-corrected chi connectivity index (χ2v) is 6.80. The second kappa shape index (κ2) is 7.97. The molecule has 1 aliphatic rings. The van der Waals surface area contributed by atoms with Crippen LogP contribution >= 0.6 is 27.7 Å². The quantitative estimate of drug-likeness (QED) is 0.480. The van der Waals surface area contributed by atoms with Gasteiger partial charge in [-0.2, -0.15) is 11.8 Å². The van der Waals surface area contributed by atoms with E-state index in [4.69, 9.17) is 0 Å². The molecule has 0 spiro atoms. The molecule has 1 aliphatic heterocycles. The van der Waals surface area contributed by atoms with Gasteiger partial charge in [0.1, 0.15) is 0 Å². The van der Waals surface area contributed by atoms with E-state index in [-0.39, 0.29) is 10.6 Å². The topological polar surface area (TPSA) is 58.4 Å². The monoisotopic (exact) mass is 359 g/mol. The summed E-state index contributed by atoms with van der Waals surface area (Å²) in [5.41, 5.74) is 0.897. The molecule has 1 heterocycles. The van der Waals surface area contributed by atoms with Crippen LogP contribution in [0.5, 0.6) is 0 Å². The highest BCUT2D eigenvalue weighted by atomic mass is 79.9. The summed E-state index contributed by atoms with van der Waals surface area (Å²) in [6.45, 7) is 4.69. The van der Waals surface area contributed by atoms with Crippen LogP contribution in [-0.2, 0) is 6.54 Å². The van der Waals surface area contributed by atoms with Gasteiger partial charge in [0.2, 0.25) is 0 Å². The lowest BCUT2D eigenvalue weighted by atomic mass is 10.2. The second-order valence-electron chi connectivity index (χ2n) is 4.66. The van der Waals surface area contributed by atoms with Gasteiger partial charge in [-0.05, 0) is 12.1 Å². The Labute approximate surface area is 131 Å². The minimum atomic E-state index is -0.330. The Morgan fingerprint density at radius 2 is 2.15 bits per heavy atom. The Bertz CT molecular complexity index is 467. The maximum absolute atomic E-state index is 11.0. The van der Waals surface area contributed by atoms with Gasteiger partial charge in [-0.3, -0.25) is 10.1 Å². The van der Waals surface area contributed by atoms with Crippen LogP contribution in [-0.4, -0.2) is 47.5 Å². The molecule has 0 unspecified atom stereocenters. The third-order valence-corrected chi connectivity index (χ3v) is 4.70. The van der Waals surface area contributed by atoms with Crippen LogP contribution in [0.15, 0.2) is 22.7 Å². The smallest absolute Gasteiger partial charge is 0.275 e. The number of hydrogen-bond acceptors (Lipinski definition) is 5. The maximum Gasteiger partial charge on any atom is 0.275 e. The fraction of sp³-hybridized carbons (Fsp3) is 0.538. The number of nitrogens with one attached hydrogen (secondary N) is 1. The van der Waals surface area contributed by atoms with Crippen LogP contribution in [0.25, 0.3) is 0 Å². The molecule has 7 heteroatoms. The molecule has 1 aromatic carbocycles. The molecule has 0 aliphatic carbocycles. The largest absolute Gasteiger partial charge is 0.311 e. The first kappa shape index (κ1) is 15.8. The first-order valence-corrected chi connectivity index (χ1v) is 8.55. The third-order valence-electron chi connectivity index (χ3n) is 3.27. The van der Waals surface area contributed by atoms with Crippen molar-refractivity contribution in [3.63, 3.8) is 0 Å². The van der Waals surface area contributed by atoms with Crippen LogP contribution in [0.4, 0.5) is 5.69 Å². The number of thioether (sulfide) groups is 1. The lowest BCUT2D eigenvalue weighted by Crippen LogP contribution is -2.37. The van der Waals surface area contributed by atoms with E-state index in [2.05, 4.69) is 26.1 Å². The molecule has 0 atom stereocenters. The lowest BCUT2D eigenvalue weighted by Gasteiger charge is -2.26. The fourth-order valence-corrected chi connectivity index (χ4v) is 3.47. The van der Waals surface area contributed by atoms with Crippen molar-refractivity contribution in [3.8, 4) is 0 Å². The molecule has 0 aromatic heterocycles. The Kier molecular flexibility index (Phi) is 6.28. The van der Waals surface area contributed by atoms with E-state index in [1.807, 2.05) is 17.8 Å². The molecule has 0 radical (unpaired) electrons. The van der Waals surface area contributed by atoms with Gasteiger partial charge < -0.3 is 10.2 Å². The molecule has 0 saturated carbocycles. The Morgan fingerprint density at radius 1 is 1.40 bits per heavy atom. The van der Waals surface area contributed by atoms with Crippen LogP contribution in [0.2, 0.25) is 0 Å². The predicted molar refractivity (Wildman–Crippen MR) is 86.3 cm³/mol. The average molecular weight is 360 g/mol. The summed E-state index contributed by atoms with van der Waals surface area (Å²) in [5.74, 6) is 2.41. The van der Waals surface area contributed by atoms with Crippen LogP contribution < -0.4 is 5.32 Å². The van der Waals surface area contributed by atoms with Crippen molar-refractivity contribution in [2.24, 2.45) is 0 Å². The van der Waals surface area contributed by atoms with Gasteiger partial charge in [0.15, 0.2) is 0 Å². The molecule has 1 N–H and O–H groups in total. The SMILES string of the molecule is O=[N+]([O-])c1cc(Br)ccc1CNCCN1CCSCC1. The first-order chi connectivity index (χ1) is 9.66. The molecule has 110 valence electrons. The molecule has 5 nitrogen and oxygen atoms in total. The number of halogens is 1. The Morgan fingerprint density at radius 3 is 2.85 bits per heavy atom. The standard InChI is InChI=1S/C13H18BrN3O2S/c14-12-2-1-11(13(9-12)17(18)19)10-15-3-4-16-5-7-20-8-6-16/h1-2,9,15H,3-8,10H2. The Balaban J connectivity index is 1.80. The summed E-state index contributed by atoms with van der Waals surface area (Å²) in [6, 6.07) is 5.19. The molecule has 1 saturated heterocycles. The molecule has 20 heavy (non-hydrogen) atoms. The Hall–Kier alpha value is -0.630. The molecule has 1 fully saturated rings. The highest BCUT2D eigenvalue weighted by Crippen LogP contribution is 2.23. The zero-order chi connectivity index (χ0) is 14.4. The van der Waals surface area contributed by atoms with E-state index in [9.17, 15) is 10.1 Å². The van der Waals surface area contributed by atoms with E-state index >= 15 is 0 Å². The van der Waals surface area contributed by atoms with Gasteiger partial charge in [0, 0.05) is 60.3 Å². The van der Waals surface area contributed by atoms with E-state index in [1.54, 1.807) is 12.1 Å². The number of nitro benzene ring substituents is 1. The van der Waals surface area contributed by atoms with Crippen molar-refractivity contribution < 1.29 is 4.92 Å². The average Bonchev–Trinajstić information content (AvgIpc) is 2.45. The highest BCUT2D eigenvalue weighted by molar-refractivity contribution is 9.10. The number of rotatable bonds is 6. The zero-order valence-electron chi connectivity index (χ0n) is 11.2. The fourth-order valence-electron chi connectivity index (χ4n) is 2.14. The van der Waals surface area contributed by atoms with Crippen LogP contribution in [0.3, 0.4) is 0 Å². The number of nitrogens with zero attached hydrogens (tertiary/aromatic N) is 2. The van der Waals surface area contributed by atoms with Gasteiger partial charge in [-0.15, -0.1) is 0 Å². The number of nitro groups is 1. The van der Waals surface area contributed by atoms with Crippen LogP contribution in [0, 0.1) is 10.1 Å². The summed E-state index contributed by atoms with van der Waals surface area (Å²) in [5, 5.41) is 14.3. The van der Waals surface area contributed by atoms with Gasteiger partial charge in [0.05, 0.1) is 4.92 Å². The van der Waals surface area contributed by atoms with Crippen molar-refractivity contribution in [3.05, 3.63) is 38.3 Å². The van der Waals surface area contributed by atoms with E-state index < -0.39 is 0 Å². The minimum absolute atomic E-state index is 0.168. The third kappa shape index (κ3) is 4.73. The molecule has 0 bridgehead atoms. The van der Waals surface area contributed by atoms with Gasteiger partial charge in [0.25, 0.3) is 5.69 Å². The summed E-state index contributed by atoms with van der Waals surface area (Å²) in [7, 11) is 0. The summed E-state index contributed by atoms with van der Waals surface area (Å²) in [6.07, 6.45) is 0. The highest BCUT2D eigenvalue weighted by Gasteiger charge is 2.14. The molecule has 0 amide bonds. The van der Waals surface area contributed by atoms with Crippen molar-refractivity contribution in [1.29, 1.82) is 0 Å². The van der Waals surface area contributed by atoms with Crippen molar-refractivity contribution in [2.45, 2.75) is 6.54 Å².